The van der Waals surface area contributed by atoms with E-state index in [1.165, 1.54) is 6.21 Å². The molecule has 0 saturated heterocycles. The molecule has 0 fully saturated rings. The average molecular weight is 299 g/mol. The van der Waals surface area contributed by atoms with Crippen LogP contribution < -0.4 is 5.43 Å². The monoisotopic (exact) mass is 298 g/mol. The minimum absolute atomic E-state index is 0.0825. The van der Waals surface area contributed by atoms with Crippen molar-refractivity contribution in [3.63, 3.8) is 0 Å². The minimum Gasteiger partial charge on any atom is -0.507 e. The van der Waals surface area contributed by atoms with Gasteiger partial charge in [-0.25, -0.2) is 5.43 Å². The lowest BCUT2D eigenvalue weighted by molar-refractivity contribution is -0.121. The standard InChI is InChI=1S/C12H15BrN2O2/c1-2-3-4-12(17)15-14-8-9-5-6-11(16)10(13)7-9/h5-8,16H,2-4H2,1H3,(H,15,17)/b14-8+. The lowest BCUT2D eigenvalue weighted by Gasteiger charge is -1.99. The predicted molar refractivity (Wildman–Crippen MR) is 71.1 cm³/mol. The van der Waals surface area contributed by atoms with Crippen molar-refractivity contribution in [1.29, 1.82) is 0 Å². The number of hydrogen-bond donors (Lipinski definition) is 2. The molecule has 0 unspecified atom stereocenters. The van der Waals surface area contributed by atoms with E-state index in [9.17, 15) is 9.90 Å². The molecule has 1 rings (SSSR count). The third-order valence-corrected chi connectivity index (χ3v) is 2.77. The van der Waals surface area contributed by atoms with Gasteiger partial charge in [0.05, 0.1) is 10.7 Å². The van der Waals surface area contributed by atoms with Crippen molar-refractivity contribution in [1.82, 2.24) is 5.43 Å². The van der Waals surface area contributed by atoms with Crippen molar-refractivity contribution in [2.24, 2.45) is 5.10 Å². The average Bonchev–Trinajstić information content (AvgIpc) is 2.31. The minimum atomic E-state index is -0.0825. The maximum absolute atomic E-state index is 11.2. The highest BCUT2D eigenvalue weighted by Crippen LogP contribution is 2.23. The van der Waals surface area contributed by atoms with Crippen LogP contribution in [0.3, 0.4) is 0 Å². The maximum atomic E-state index is 11.2. The topological polar surface area (TPSA) is 61.7 Å². The Labute approximate surface area is 109 Å². The van der Waals surface area contributed by atoms with Gasteiger partial charge < -0.3 is 5.11 Å². The molecule has 92 valence electrons. The molecule has 5 heteroatoms. The van der Waals surface area contributed by atoms with E-state index in [1.54, 1.807) is 18.2 Å². The number of amides is 1. The van der Waals surface area contributed by atoms with Crippen LogP contribution in [-0.4, -0.2) is 17.2 Å². The van der Waals surface area contributed by atoms with E-state index in [2.05, 4.69) is 26.5 Å². The number of nitrogens with one attached hydrogen (secondary N) is 1. The van der Waals surface area contributed by atoms with Gasteiger partial charge in [0.15, 0.2) is 0 Å². The smallest absolute Gasteiger partial charge is 0.240 e. The van der Waals surface area contributed by atoms with Crippen LogP contribution >= 0.6 is 15.9 Å². The highest BCUT2D eigenvalue weighted by atomic mass is 79.9. The molecule has 2 N–H and O–H groups in total. The van der Waals surface area contributed by atoms with Crippen molar-refractivity contribution in [2.75, 3.05) is 0 Å². The number of halogens is 1. The van der Waals surface area contributed by atoms with Crippen LogP contribution in [0.5, 0.6) is 5.75 Å². The number of carbonyl (C=O) groups is 1. The van der Waals surface area contributed by atoms with Crippen LogP contribution in [0.25, 0.3) is 0 Å². The fraction of sp³-hybridized carbons (Fsp3) is 0.333. The first-order valence-corrected chi connectivity index (χ1v) is 6.23. The first-order chi connectivity index (χ1) is 8.13. The van der Waals surface area contributed by atoms with Crippen molar-refractivity contribution < 1.29 is 9.90 Å². The number of rotatable bonds is 5. The first-order valence-electron chi connectivity index (χ1n) is 5.44. The lowest BCUT2D eigenvalue weighted by atomic mass is 10.2. The molecule has 0 saturated carbocycles. The van der Waals surface area contributed by atoms with E-state index >= 15 is 0 Å². The van der Waals surface area contributed by atoms with Gasteiger partial charge in [-0.15, -0.1) is 0 Å². The summed E-state index contributed by atoms with van der Waals surface area (Å²) in [5.41, 5.74) is 3.25. The Morgan fingerprint density at radius 3 is 3.00 bits per heavy atom. The molecule has 0 heterocycles. The second-order valence-electron chi connectivity index (χ2n) is 3.61. The summed E-state index contributed by atoms with van der Waals surface area (Å²) in [5.74, 6) is 0.0927. The van der Waals surface area contributed by atoms with Gasteiger partial charge in [0.1, 0.15) is 5.75 Å². The SMILES string of the molecule is CCCCC(=O)N/N=C/c1ccc(O)c(Br)c1. The molecule has 0 atom stereocenters. The summed E-state index contributed by atoms with van der Waals surface area (Å²) in [5, 5.41) is 13.1. The van der Waals surface area contributed by atoms with E-state index in [0.717, 1.165) is 18.4 Å². The Bertz CT molecular complexity index is 419. The third-order valence-electron chi connectivity index (χ3n) is 2.13. The number of phenolic OH excluding ortho intramolecular Hbond substituents is 1. The Hall–Kier alpha value is -1.36. The normalized spacial score (nSPS) is 10.7. The van der Waals surface area contributed by atoms with Crippen molar-refractivity contribution in [3.8, 4) is 5.75 Å². The molecule has 0 aromatic heterocycles. The van der Waals surface area contributed by atoms with Gasteiger partial charge in [0.25, 0.3) is 0 Å². The Morgan fingerprint density at radius 2 is 2.35 bits per heavy atom. The van der Waals surface area contributed by atoms with Crippen molar-refractivity contribution >= 4 is 28.1 Å². The quantitative estimate of drug-likeness (QED) is 0.648. The molecular formula is C12H15BrN2O2. The molecule has 0 aliphatic rings. The number of hydrogen-bond acceptors (Lipinski definition) is 3. The van der Waals surface area contributed by atoms with Gasteiger partial charge in [-0.05, 0) is 46.1 Å². The number of aromatic hydroxyl groups is 1. The van der Waals surface area contributed by atoms with Gasteiger partial charge in [-0.1, -0.05) is 13.3 Å². The molecule has 0 spiro atoms. The Morgan fingerprint density at radius 1 is 1.59 bits per heavy atom. The van der Waals surface area contributed by atoms with Crippen molar-refractivity contribution in [2.45, 2.75) is 26.2 Å². The van der Waals surface area contributed by atoms with Gasteiger partial charge in [0, 0.05) is 6.42 Å². The van der Waals surface area contributed by atoms with Crippen LogP contribution in [0.1, 0.15) is 31.7 Å². The van der Waals surface area contributed by atoms with Gasteiger partial charge in [-0.2, -0.15) is 5.10 Å². The van der Waals surface area contributed by atoms with E-state index in [4.69, 9.17) is 0 Å². The van der Waals surface area contributed by atoms with Crippen LogP contribution in [0.15, 0.2) is 27.8 Å². The summed E-state index contributed by atoms with van der Waals surface area (Å²) >= 11 is 3.20. The molecule has 0 radical (unpaired) electrons. The first kappa shape index (κ1) is 13.7. The second-order valence-corrected chi connectivity index (χ2v) is 4.46. The Balaban J connectivity index is 2.48. The molecule has 17 heavy (non-hydrogen) atoms. The summed E-state index contributed by atoms with van der Waals surface area (Å²) < 4.78 is 0.596. The predicted octanol–water partition coefficient (Wildman–Crippen LogP) is 2.80. The fourth-order valence-corrected chi connectivity index (χ4v) is 1.57. The summed E-state index contributed by atoms with van der Waals surface area (Å²) in [6.07, 6.45) is 3.88. The van der Waals surface area contributed by atoms with Gasteiger partial charge in [-0.3, -0.25) is 4.79 Å². The zero-order valence-corrected chi connectivity index (χ0v) is 11.2. The number of phenols is 1. The molecule has 1 amide bonds. The van der Waals surface area contributed by atoms with Gasteiger partial charge >= 0.3 is 0 Å². The zero-order chi connectivity index (χ0) is 12.7. The second kappa shape index (κ2) is 7.06. The molecule has 1 aromatic rings. The van der Waals surface area contributed by atoms with Crippen molar-refractivity contribution in [3.05, 3.63) is 28.2 Å². The van der Waals surface area contributed by atoms with E-state index < -0.39 is 0 Å². The van der Waals surface area contributed by atoms with E-state index in [1.807, 2.05) is 6.92 Å². The van der Waals surface area contributed by atoms with E-state index in [-0.39, 0.29) is 11.7 Å². The van der Waals surface area contributed by atoms with Crippen LogP contribution in [0.2, 0.25) is 0 Å². The molecule has 4 nitrogen and oxygen atoms in total. The summed E-state index contributed by atoms with van der Waals surface area (Å²) in [4.78, 5) is 11.2. The molecule has 1 aromatic carbocycles. The summed E-state index contributed by atoms with van der Waals surface area (Å²) in [7, 11) is 0. The lowest BCUT2D eigenvalue weighted by Crippen LogP contribution is -2.16. The van der Waals surface area contributed by atoms with E-state index in [0.29, 0.717) is 10.9 Å². The largest absolute Gasteiger partial charge is 0.507 e. The third kappa shape index (κ3) is 4.99. The van der Waals surface area contributed by atoms with Crippen LogP contribution in [0, 0.1) is 0 Å². The highest BCUT2D eigenvalue weighted by Gasteiger charge is 1.99. The fourth-order valence-electron chi connectivity index (χ4n) is 1.18. The zero-order valence-electron chi connectivity index (χ0n) is 9.61. The maximum Gasteiger partial charge on any atom is 0.240 e. The number of nitrogens with zero attached hydrogens (tertiary/aromatic N) is 1. The number of unbranched alkanes of at least 4 members (excludes halogenated alkanes) is 1. The van der Waals surface area contributed by atoms with Gasteiger partial charge in [0.2, 0.25) is 5.91 Å². The number of benzene rings is 1. The number of hydrazone groups is 1. The molecular weight excluding hydrogens is 284 g/mol. The highest BCUT2D eigenvalue weighted by molar-refractivity contribution is 9.10. The van der Waals surface area contributed by atoms with Crippen LogP contribution in [-0.2, 0) is 4.79 Å². The summed E-state index contributed by atoms with van der Waals surface area (Å²) in [6, 6.07) is 4.99. The molecule has 0 aliphatic carbocycles. The molecule has 0 bridgehead atoms. The summed E-state index contributed by atoms with van der Waals surface area (Å²) in [6.45, 7) is 2.03. The van der Waals surface area contributed by atoms with Crippen LogP contribution in [0.4, 0.5) is 0 Å². The number of carbonyl (C=O) groups excluding carboxylic acids is 1. The Kier molecular flexibility index (Phi) is 5.69. The molecule has 0 aliphatic heterocycles.